The van der Waals surface area contributed by atoms with E-state index in [0.717, 1.165) is 0 Å². The molecular weight excluding hydrogens is 256 g/mol. The smallest absolute Gasteiger partial charge is 0 e. The van der Waals surface area contributed by atoms with E-state index in [-0.39, 0.29) is 32.7 Å². The number of rotatable bonds is 1. The average Bonchev–Trinajstić information content (AvgIpc) is 1.38. The van der Waals surface area contributed by atoms with Crippen molar-refractivity contribution in [2.45, 2.75) is 21.2 Å². The van der Waals surface area contributed by atoms with Crippen LogP contribution in [0.25, 0.3) is 0 Å². The Balaban J connectivity index is 0. The Morgan fingerprint density at radius 2 is 1.50 bits per heavy atom. The number of hydrogen-bond donors (Lipinski definition) is 0. The van der Waals surface area contributed by atoms with Gasteiger partial charge in [0.05, 0.1) is 0 Å². The summed E-state index contributed by atoms with van der Waals surface area (Å²) < 4.78 is 1.50. The van der Waals surface area contributed by atoms with Crippen molar-refractivity contribution in [3.63, 3.8) is 0 Å². The monoisotopic (exact) mass is 268 g/mol. The van der Waals surface area contributed by atoms with Crippen molar-refractivity contribution in [1.82, 2.24) is 0 Å². The van der Waals surface area contributed by atoms with Crippen molar-refractivity contribution < 1.29 is 32.7 Å². The molecule has 0 heterocycles. The van der Waals surface area contributed by atoms with Crippen LogP contribution in [0.2, 0.25) is 14.3 Å². The zero-order valence-electron chi connectivity index (χ0n) is 4.78. The first-order valence-corrected chi connectivity index (χ1v) is 9.79. The molecule has 0 aromatic heterocycles. The van der Waals surface area contributed by atoms with Gasteiger partial charge in [-0.1, -0.05) is 0 Å². The van der Waals surface area contributed by atoms with Crippen molar-refractivity contribution in [2.24, 2.45) is 0 Å². The van der Waals surface area contributed by atoms with Crippen LogP contribution >= 0.6 is 0 Å². The Labute approximate surface area is 72.7 Å². The van der Waals surface area contributed by atoms with Gasteiger partial charge in [0.2, 0.25) is 0 Å². The zero-order chi connectivity index (χ0) is 4.28. The summed E-state index contributed by atoms with van der Waals surface area (Å²) >= 11 is -0.580. The average molecular weight is 267 g/mol. The third kappa shape index (κ3) is 9.32. The zero-order valence-corrected chi connectivity index (χ0v) is 10.5. The van der Waals surface area contributed by atoms with Gasteiger partial charge in [-0.05, 0) is 0 Å². The normalized spacial score (nSPS) is 8.00. The molecule has 0 N–H and O–H groups in total. The fraction of sp³-hybridized carbons (Fsp3) is 1.00. The van der Waals surface area contributed by atoms with E-state index in [2.05, 4.69) is 16.8 Å². The van der Waals surface area contributed by atoms with Crippen LogP contribution in [-0.4, -0.2) is 19.8 Å². The maximum Gasteiger partial charge on any atom is 0 e. The van der Waals surface area contributed by atoms with Gasteiger partial charge in [-0.2, -0.15) is 0 Å². The molecule has 2 heteroatoms. The summed E-state index contributed by atoms with van der Waals surface area (Å²) in [4.78, 5) is 4.84. The first-order chi connectivity index (χ1) is 2.27. The minimum Gasteiger partial charge on any atom is 0 e. The molecule has 0 nitrogen and oxygen atoms in total. The minimum absolute atomic E-state index is 0. The second-order valence-corrected chi connectivity index (χ2v) is 10.5. The first-order valence-electron chi connectivity index (χ1n) is 2.06. The molecule has 0 bridgehead atoms. The number of hydrogen-bond acceptors (Lipinski definition) is 0. The van der Waals surface area contributed by atoms with Crippen molar-refractivity contribution in [1.29, 1.82) is 0 Å². The predicted molar refractivity (Wildman–Crippen MR) is 28.0 cm³/mol. The van der Waals surface area contributed by atoms with Gasteiger partial charge >= 0.3 is 41.0 Å². The molecule has 0 aliphatic carbocycles. The molecule has 0 atom stereocenters. The van der Waals surface area contributed by atoms with E-state index in [1.165, 1.54) is 4.44 Å². The largest absolute Gasteiger partial charge is 0 e. The van der Waals surface area contributed by atoms with E-state index in [1.807, 2.05) is 0 Å². The van der Waals surface area contributed by atoms with Crippen molar-refractivity contribution in [2.75, 3.05) is 0 Å². The fourth-order valence-corrected chi connectivity index (χ4v) is 0. The second kappa shape index (κ2) is 6.90. The topological polar surface area (TPSA) is 0 Å². The Morgan fingerprint density at radius 1 is 1.33 bits per heavy atom. The molecule has 0 fully saturated rings. The SMILES string of the molecule is C[CH2][Sn]([CH3])[CH3].[Y]. The van der Waals surface area contributed by atoms with Crippen molar-refractivity contribution in [3.05, 3.63) is 0 Å². The van der Waals surface area contributed by atoms with E-state index in [9.17, 15) is 0 Å². The van der Waals surface area contributed by atoms with Crippen LogP contribution in [0.3, 0.4) is 0 Å². The van der Waals surface area contributed by atoms with Gasteiger partial charge in [0, 0.05) is 32.7 Å². The van der Waals surface area contributed by atoms with E-state index >= 15 is 0 Å². The van der Waals surface area contributed by atoms with E-state index in [0.29, 0.717) is 0 Å². The quantitative estimate of drug-likeness (QED) is 0.635. The van der Waals surface area contributed by atoms with Crippen molar-refractivity contribution >= 4 is 19.8 Å². The molecule has 0 spiro atoms. The van der Waals surface area contributed by atoms with Crippen LogP contribution < -0.4 is 0 Å². The molecule has 0 aromatic carbocycles. The van der Waals surface area contributed by atoms with Crippen LogP contribution in [-0.2, 0) is 32.7 Å². The summed E-state index contributed by atoms with van der Waals surface area (Å²) in [5.41, 5.74) is 0. The summed E-state index contributed by atoms with van der Waals surface area (Å²) in [5.74, 6) is 0. The molecule has 2 radical (unpaired) electrons. The van der Waals surface area contributed by atoms with Crippen LogP contribution in [0, 0.1) is 0 Å². The molecule has 0 aliphatic rings. The summed E-state index contributed by atoms with van der Waals surface area (Å²) in [6, 6.07) is 0. The summed E-state index contributed by atoms with van der Waals surface area (Å²) in [6.07, 6.45) is 0. The molecular formula is C4H11SnY. The maximum atomic E-state index is 2.42. The van der Waals surface area contributed by atoms with Gasteiger partial charge in [-0.3, -0.25) is 0 Å². The van der Waals surface area contributed by atoms with Crippen LogP contribution in [0.5, 0.6) is 0 Å². The molecule has 0 rings (SSSR count). The Morgan fingerprint density at radius 3 is 1.50 bits per heavy atom. The third-order valence-electron chi connectivity index (χ3n) is 0.707. The van der Waals surface area contributed by atoms with Gasteiger partial charge in [0.25, 0.3) is 0 Å². The van der Waals surface area contributed by atoms with Crippen LogP contribution in [0.4, 0.5) is 0 Å². The molecule has 0 unspecified atom stereocenters. The molecule has 0 amide bonds. The van der Waals surface area contributed by atoms with E-state index < -0.39 is 19.8 Å². The maximum absolute atomic E-state index is 2.42. The molecule has 0 aliphatic heterocycles. The van der Waals surface area contributed by atoms with Crippen molar-refractivity contribution in [3.8, 4) is 0 Å². The Kier molecular flexibility index (Phi) is 12.4. The first kappa shape index (κ1) is 10.8. The Hall–Kier alpha value is 1.90. The van der Waals surface area contributed by atoms with Gasteiger partial charge in [-0.25, -0.2) is 0 Å². The molecule has 0 saturated carbocycles. The van der Waals surface area contributed by atoms with Gasteiger partial charge in [0.15, 0.2) is 0 Å². The third-order valence-corrected chi connectivity index (χ3v) is 4.74. The predicted octanol–water partition coefficient (Wildman–Crippen LogP) is 1.76. The summed E-state index contributed by atoms with van der Waals surface area (Å²) in [6.45, 7) is 2.29. The van der Waals surface area contributed by atoms with Crippen LogP contribution in [0.1, 0.15) is 6.92 Å². The molecule has 0 aromatic rings. The second-order valence-electron chi connectivity index (χ2n) is 1.56. The standard InChI is InChI=1S/C2H5.2CH3.Sn.Y/c1-2;;;;/h1H2,2H3;2*1H3;;. The van der Waals surface area contributed by atoms with E-state index in [4.69, 9.17) is 0 Å². The Bertz CT molecular complexity index is 21.5. The van der Waals surface area contributed by atoms with E-state index in [1.54, 1.807) is 0 Å². The summed E-state index contributed by atoms with van der Waals surface area (Å²) in [5, 5.41) is 0. The molecule has 0 saturated heterocycles. The summed E-state index contributed by atoms with van der Waals surface area (Å²) in [7, 11) is 0. The van der Waals surface area contributed by atoms with Crippen LogP contribution in [0.15, 0.2) is 0 Å². The minimum atomic E-state index is -0.580. The molecule has 6 heavy (non-hydrogen) atoms. The van der Waals surface area contributed by atoms with Gasteiger partial charge in [-0.15, -0.1) is 0 Å². The van der Waals surface area contributed by atoms with Gasteiger partial charge < -0.3 is 0 Å². The van der Waals surface area contributed by atoms with Gasteiger partial charge in [0.1, 0.15) is 0 Å². The molecule has 34 valence electrons. The fourth-order valence-electron chi connectivity index (χ4n) is 0.